The van der Waals surface area contributed by atoms with Gasteiger partial charge in [-0.2, -0.15) is 0 Å². The summed E-state index contributed by atoms with van der Waals surface area (Å²) < 4.78 is 47.4. The Morgan fingerprint density at radius 2 is 1.46 bits per heavy atom. The van der Waals surface area contributed by atoms with Crippen molar-refractivity contribution in [3.8, 4) is 33.8 Å². The van der Waals surface area contributed by atoms with Gasteiger partial charge in [-0.05, 0) is 106 Å². The van der Waals surface area contributed by atoms with Crippen LogP contribution in [0.1, 0.15) is 69.0 Å². The Morgan fingerprint density at radius 3 is 1.98 bits per heavy atom. The van der Waals surface area contributed by atoms with E-state index >= 15 is 0 Å². The Kier molecular flexibility index (Phi) is 11.8. The molecule has 0 unspecified atom stereocenters. The number of carbonyl (C=O) groups excluding carboxylic acids is 1. The summed E-state index contributed by atoms with van der Waals surface area (Å²) in [5.41, 5.74) is 6.48. The van der Waals surface area contributed by atoms with Crippen LogP contribution in [-0.4, -0.2) is 57.5 Å². The summed E-state index contributed by atoms with van der Waals surface area (Å²) in [5, 5.41) is 9.98. The fourth-order valence-electron chi connectivity index (χ4n) is 6.67. The Balaban J connectivity index is 1.24. The molecule has 1 saturated heterocycles. The highest BCUT2D eigenvalue weighted by Crippen LogP contribution is 2.41. The van der Waals surface area contributed by atoms with Crippen molar-refractivity contribution in [1.29, 1.82) is 0 Å². The van der Waals surface area contributed by atoms with E-state index in [0.29, 0.717) is 17.2 Å². The highest BCUT2D eigenvalue weighted by Gasteiger charge is 2.31. The lowest BCUT2D eigenvalue weighted by molar-refractivity contribution is -0.274. The largest absolute Gasteiger partial charge is 0.573 e. The zero-order chi connectivity index (χ0) is 36.2. The predicted molar refractivity (Wildman–Crippen MR) is 189 cm³/mol. The van der Waals surface area contributed by atoms with E-state index in [2.05, 4.69) is 38.9 Å². The van der Waals surface area contributed by atoms with Gasteiger partial charge in [0.05, 0.1) is 12.3 Å². The van der Waals surface area contributed by atoms with Crippen LogP contribution in [0.5, 0.6) is 11.5 Å². The van der Waals surface area contributed by atoms with Gasteiger partial charge in [0, 0.05) is 29.9 Å². The molecule has 2 heterocycles. The Bertz CT molecular complexity index is 1750. The number of nitrogens with zero attached hydrogens (tertiary/aromatic N) is 3. The summed E-state index contributed by atoms with van der Waals surface area (Å²) in [7, 11) is 0. The zero-order valence-electron chi connectivity index (χ0n) is 28.9. The van der Waals surface area contributed by atoms with Crippen LogP contribution in [0.3, 0.4) is 0 Å². The number of rotatable bonds is 10. The molecule has 0 radical (unpaired) electrons. The molecule has 0 atom stereocenters. The minimum absolute atomic E-state index is 0.0905. The van der Waals surface area contributed by atoms with E-state index in [1.54, 1.807) is 24.0 Å². The second-order valence-electron chi connectivity index (χ2n) is 13.2. The average molecular weight is 710 g/mol. The number of hydrogen-bond donors (Lipinski definition) is 1. The van der Waals surface area contributed by atoms with E-state index in [0.717, 1.165) is 54.7 Å². The van der Waals surface area contributed by atoms with Crippen molar-refractivity contribution < 1.29 is 32.5 Å². The maximum atomic E-state index is 13.3. The Labute approximate surface area is 296 Å². The lowest BCUT2D eigenvalue weighted by Crippen LogP contribution is -2.43. The van der Waals surface area contributed by atoms with E-state index in [1.165, 1.54) is 17.7 Å². The van der Waals surface area contributed by atoms with Gasteiger partial charge in [0.25, 0.3) is 0 Å². The van der Waals surface area contributed by atoms with Gasteiger partial charge in [-0.3, -0.25) is 9.88 Å². The molecule has 7 nitrogen and oxygen atoms in total. The van der Waals surface area contributed by atoms with Gasteiger partial charge >= 0.3 is 12.5 Å². The molecule has 4 aromatic rings. The fraction of sp³-hybridized carbons (Fsp3) is 0.385. The lowest BCUT2D eigenvalue weighted by Gasteiger charge is -2.32. The number of amides is 1. The zero-order valence-corrected chi connectivity index (χ0v) is 29.7. The third kappa shape index (κ3) is 8.96. The molecule has 0 aliphatic carbocycles. The molecule has 5 rings (SSSR count). The first-order valence-electron chi connectivity index (χ1n) is 16.8. The molecule has 1 amide bonds. The molecule has 1 aliphatic rings. The third-order valence-corrected chi connectivity index (χ3v) is 9.44. The minimum Gasteiger partial charge on any atom is -0.408 e. The molecule has 0 bridgehead atoms. The van der Waals surface area contributed by atoms with Gasteiger partial charge in [0.2, 0.25) is 0 Å². The monoisotopic (exact) mass is 709 g/mol. The smallest absolute Gasteiger partial charge is 0.408 e. The number of aliphatic hydroxyl groups excluding tert-OH is 1. The lowest BCUT2D eigenvalue weighted by atomic mass is 9.89. The molecule has 1 aliphatic heterocycles. The molecule has 0 spiro atoms. The van der Waals surface area contributed by atoms with Gasteiger partial charge in [0.15, 0.2) is 5.75 Å². The number of benzene rings is 3. The predicted octanol–water partition coefficient (Wildman–Crippen LogP) is 9.77. The van der Waals surface area contributed by atoms with E-state index in [9.17, 15) is 23.1 Å². The molecular formula is C39H43ClF3N3O4. The van der Waals surface area contributed by atoms with Crippen molar-refractivity contribution >= 4 is 17.7 Å². The van der Waals surface area contributed by atoms with Crippen LogP contribution in [0, 0.1) is 6.92 Å². The number of aromatic nitrogens is 1. The molecule has 266 valence electrons. The average Bonchev–Trinajstić information content (AvgIpc) is 3.06. The van der Waals surface area contributed by atoms with Crippen molar-refractivity contribution in [2.45, 2.75) is 85.0 Å². The van der Waals surface area contributed by atoms with Gasteiger partial charge in [-0.15, -0.1) is 13.2 Å². The number of aliphatic hydroxyl groups is 1. The second kappa shape index (κ2) is 15.8. The molecule has 1 aromatic heterocycles. The Morgan fingerprint density at radius 1 is 0.920 bits per heavy atom. The van der Waals surface area contributed by atoms with Crippen LogP contribution in [-0.2, 0) is 13.2 Å². The van der Waals surface area contributed by atoms with Crippen LogP contribution in [0.25, 0.3) is 22.3 Å². The van der Waals surface area contributed by atoms with Gasteiger partial charge in [-0.25, -0.2) is 4.79 Å². The fourth-order valence-corrected chi connectivity index (χ4v) is 6.90. The number of likely N-dealkylation sites (tertiary alicyclic amines) is 1. The number of aryl methyl sites for hydroxylation is 1. The van der Waals surface area contributed by atoms with Crippen LogP contribution in [0.2, 0.25) is 5.02 Å². The van der Waals surface area contributed by atoms with Gasteiger partial charge in [0.1, 0.15) is 10.8 Å². The van der Waals surface area contributed by atoms with Crippen molar-refractivity contribution in [3.63, 3.8) is 0 Å². The van der Waals surface area contributed by atoms with E-state index in [1.807, 2.05) is 52.0 Å². The van der Waals surface area contributed by atoms with E-state index in [4.69, 9.17) is 16.3 Å². The first kappa shape index (κ1) is 37.1. The van der Waals surface area contributed by atoms with E-state index in [-0.39, 0.29) is 34.3 Å². The first-order valence-corrected chi connectivity index (χ1v) is 17.2. The highest BCUT2D eigenvalue weighted by atomic mass is 35.5. The van der Waals surface area contributed by atoms with Gasteiger partial charge in [-0.1, -0.05) is 72.3 Å². The van der Waals surface area contributed by atoms with Crippen LogP contribution >= 0.6 is 11.6 Å². The molecule has 3 aromatic carbocycles. The number of piperidine rings is 1. The minimum atomic E-state index is -4.69. The van der Waals surface area contributed by atoms with Crippen LogP contribution in [0.15, 0.2) is 72.8 Å². The topological polar surface area (TPSA) is 75.1 Å². The quantitative estimate of drug-likeness (QED) is 0.177. The highest BCUT2D eigenvalue weighted by molar-refractivity contribution is 6.33. The maximum Gasteiger partial charge on any atom is 0.573 e. The van der Waals surface area contributed by atoms with Crippen molar-refractivity contribution in [1.82, 2.24) is 14.8 Å². The summed E-state index contributed by atoms with van der Waals surface area (Å²) in [5.74, 6) is 0.280. The number of halogens is 4. The van der Waals surface area contributed by atoms with Crippen LogP contribution in [0.4, 0.5) is 18.0 Å². The molecule has 0 saturated carbocycles. The summed E-state index contributed by atoms with van der Waals surface area (Å²) in [6.45, 7) is 11.7. The summed E-state index contributed by atoms with van der Waals surface area (Å²) in [4.78, 5) is 21.8. The summed E-state index contributed by atoms with van der Waals surface area (Å²) >= 11 is 6.66. The van der Waals surface area contributed by atoms with Crippen molar-refractivity contribution in [3.05, 3.63) is 100 Å². The number of pyridine rings is 1. The number of ether oxygens (including phenoxy) is 2. The SMILES string of the molecule is Cc1nc(CO)c(Cl)c(OC(=O)N(C(C)C)C(C)C)c1-c1ccc(-c2ccc(CN3CCC(c4ccc(OC(F)(F)F)cc4)CC3)cc2)cc1. The normalized spacial score (nSPS) is 14.3. The number of carbonyl (C=O) groups is 1. The second-order valence-corrected chi connectivity index (χ2v) is 13.6. The standard InChI is InChI=1S/C39H43ClF3N3O4/c1-24(2)46(25(3)4)38(48)49-37-35(26(5)44-34(23-47)36(37)40)32-12-10-29(11-13-32)28-8-6-27(7-9-28)22-45-20-18-31(19-21-45)30-14-16-33(17-15-30)50-39(41,42)43/h6-17,24-25,31,47H,18-23H2,1-5H3. The van der Waals surface area contributed by atoms with E-state index < -0.39 is 19.1 Å². The molecule has 11 heteroatoms. The third-order valence-electron chi connectivity index (χ3n) is 9.05. The number of alkyl halides is 3. The van der Waals surface area contributed by atoms with Gasteiger partial charge < -0.3 is 19.5 Å². The van der Waals surface area contributed by atoms with Crippen molar-refractivity contribution in [2.24, 2.45) is 0 Å². The molecule has 1 N–H and O–H groups in total. The van der Waals surface area contributed by atoms with Crippen molar-refractivity contribution in [2.75, 3.05) is 13.1 Å². The first-order chi connectivity index (χ1) is 23.7. The Hall–Kier alpha value is -4.12. The maximum absolute atomic E-state index is 13.3. The number of hydrogen-bond acceptors (Lipinski definition) is 6. The summed E-state index contributed by atoms with van der Waals surface area (Å²) in [6.07, 6.45) is -3.35. The van der Waals surface area contributed by atoms with Crippen LogP contribution < -0.4 is 9.47 Å². The summed E-state index contributed by atoms with van der Waals surface area (Å²) in [6, 6.07) is 22.4. The molecule has 50 heavy (non-hydrogen) atoms. The molecule has 1 fully saturated rings. The molecular weight excluding hydrogens is 667 g/mol.